The van der Waals surface area contributed by atoms with Crippen molar-refractivity contribution in [3.05, 3.63) is 64.7 Å². The van der Waals surface area contributed by atoms with Gasteiger partial charge in [0.2, 0.25) is 11.6 Å². The van der Waals surface area contributed by atoms with Gasteiger partial charge in [0.05, 0.1) is 23.8 Å². The van der Waals surface area contributed by atoms with Crippen molar-refractivity contribution in [1.82, 2.24) is 19.5 Å². The molecule has 0 saturated heterocycles. The second kappa shape index (κ2) is 6.11. The minimum atomic E-state index is -0.145. The predicted molar refractivity (Wildman–Crippen MR) is 96.3 cm³/mol. The van der Waals surface area contributed by atoms with Gasteiger partial charge in [-0.15, -0.1) is 0 Å². The van der Waals surface area contributed by atoms with Gasteiger partial charge in [0.1, 0.15) is 17.5 Å². The third-order valence-corrected chi connectivity index (χ3v) is 4.27. The maximum atomic E-state index is 11.9. The highest BCUT2D eigenvalue weighted by atomic mass is 16.5. The lowest BCUT2D eigenvalue weighted by Crippen LogP contribution is -2.19. The predicted octanol–water partition coefficient (Wildman–Crippen LogP) is 3.39. The molecule has 0 unspecified atom stereocenters. The largest absolute Gasteiger partial charge is 0.446 e. The fourth-order valence-electron chi connectivity index (χ4n) is 2.95. The van der Waals surface area contributed by atoms with Crippen LogP contribution in [-0.4, -0.2) is 19.5 Å². The van der Waals surface area contributed by atoms with E-state index >= 15 is 0 Å². The molecule has 130 valence electrons. The highest BCUT2D eigenvalue weighted by molar-refractivity contribution is 5.78. The van der Waals surface area contributed by atoms with E-state index in [0.717, 1.165) is 22.5 Å². The molecule has 26 heavy (non-hydrogen) atoms. The molecule has 0 amide bonds. The van der Waals surface area contributed by atoms with Crippen LogP contribution in [0.3, 0.4) is 0 Å². The smallest absolute Gasteiger partial charge is 0.269 e. The Bertz CT molecular complexity index is 1180. The number of hydrogen-bond donors (Lipinski definition) is 0. The monoisotopic (exact) mass is 348 g/mol. The molecule has 7 nitrogen and oxygen atoms in total. The zero-order valence-corrected chi connectivity index (χ0v) is 14.6. The lowest BCUT2D eigenvalue weighted by atomic mass is 10.0. The third-order valence-electron chi connectivity index (χ3n) is 4.27. The fourth-order valence-corrected chi connectivity index (χ4v) is 2.95. The molecule has 0 radical (unpaired) electrons. The van der Waals surface area contributed by atoms with Crippen molar-refractivity contribution in [3.8, 4) is 22.9 Å². The van der Waals surface area contributed by atoms with Crippen molar-refractivity contribution in [2.24, 2.45) is 7.05 Å². The van der Waals surface area contributed by atoms with E-state index in [1.165, 1.54) is 12.5 Å². The Labute approximate surface area is 148 Å². The molecule has 4 rings (SSSR count). The number of nitrogens with zero attached hydrogens (tertiary/aromatic N) is 4. The fraction of sp³-hybridized carbons (Fsp3) is 0.158. The Morgan fingerprint density at radius 2 is 1.96 bits per heavy atom. The normalized spacial score (nSPS) is 11.0. The van der Waals surface area contributed by atoms with Gasteiger partial charge in [-0.3, -0.25) is 9.78 Å². The number of ether oxygens (including phenoxy) is 1. The van der Waals surface area contributed by atoms with E-state index in [9.17, 15) is 4.79 Å². The standard InChI is InChI=1S/C19H16N4O3/c1-11-8-13(26-19-15-6-7-25-18(15)21-10-22-19)4-5-14(11)17-12(2)20-9-16(24)23(17)3/h4-10H,1-3H3. The summed E-state index contributed by atoms with van der Waals surface area (Å²) in [5.41, 5.74) is 3.81. The number of aryl methyl sites for hydroxylation is 2. The molecular formula is C19H16N4O3. The first-order valence-corrected chi connectivity index (χ1v) is 8.04. The van der Waals surface area contributed by atoms with Crippen molar-refractivity contribution in [2.75, 3.05) is 0 Å². The maximum absolute atomic E-state index is 11.9. The first kappa shape index (κ1) is 16.0. The van der Waals surface area contributed by atoms with Gasteiger partial charge in [-0.2, -0.15) is 0 Å². The molecule has 0 spiro atoms. The summed E-state index contributed by atoms with van der Waals surface area (Å²) in [4.78, 5) is 24.3. The number of aromatic nitrogens is 4. The molecule has 0 aliphatic carbocycles. The molecule has 3 heterocycles. The Kier molecular flexibility index (Phi) is 3.76. The summed E-state index contributed by atoms with van der Waals surface area (Å²) >= 11 is 0. The number of hydrogen-bond acceptors (Lipinski definition) is 6. The first-order chi connectivity index (χ1) is 12.5. The maximum Gasteiger partial charge on any atom is 0.269 e. The lowest BCUT2D eigenvalue weighted by molar-refractivity contribution is 0.467. The molecule has 0 aliphatic rings. The van der Waals surface area contributed by atoms with Gasteiger partial charge in [0.25, 0.3) is 5.56 Å². The summed E-state index contributed by atoms with van der Waals surface area (Å²) < 4.78 is 12.8. The van der Waals surface area contributed by atoms with Gasteiger partial charge < -0.3 is 13.7 Å². The van der Waals surface area contributed by atoms with E-state index in [-0.39, 0.29) is 5.56 Å². The quantitative estimate of drug-likeness (QED) is 0.564. The van der Waals surface area contributed by atoms with Gasteiger partial charge in [-0.1, -0.05) is 0 Å². The molecule has 0 bridgehead atoms. The van der Waals surface area contributed by atoms with Crippen LogP contribution in [0.15, 0.2) is 52.3 Å². The molecule has 0 aliphatic heterocycles. The van der Waals surface area contributed by atoms with Crippen molar-refractivity contribution in [3.63, 3.8) is 0 Å². The van der Waals surface area contributed by atoms with Crippen molar-refractivity contribution < 1.29 is 9.15 Å². The number of fused-ring (bicyclic) bond motifs is 1. The van der Waals surface area contributed by atoms with Crippen molar-refractivity contribution in [1.29, 1.82) is 0 Å². The van der Waals surface area contributed by atoms with Crippen molar-refractivity contribution >= 4 is 11.1 Å². The average Bonchev–Trinajstić information content (AvgIpc) is 3.10. The SMILES string of the molecule is Cc1cc(Oc2ncnc3occc23)ccc1-c1c(C)ncc(=O)n1C. The van der Waals surface area contributed by atoms with Crippen molar-refractivity contribution in [2.45, 2.75) is 13.8 Å². The number of benzene rings is 1. The van der Waals surface area contributed by atoms with Crippen LogP contribution < -0.4 is 10.3 Å². The van der Waals surface area contributed by atoms with Crippen LogP contribution in [0.1, 0.15) is 11.3 Å². The summed E-state index contributed by atoms with van der Waals surface area (Å²) in [5, 5.41) is 0.708. The van der Waals surface area contributed by atoms with Crippen LogP contribution >= 0.6 is 0 Å². The second-order valence-electron chi connectivity index (χ2n) is 5.99. The molecule has 7 heteroatoms. The van der Waals surface area contributed by atoms with Crippen LogP contribution in [0, 0.1) is 13.8 Å². The number of furan rings is 1. The van der Waals surface area contributed by atoms with Gasteiger partial charge in [0, 0.05) is 12.6 Å². The summed E-state index contributed by atoms with van der Waals surface area (Å²) in [6, 6.07) is 7.43. The van der Waals surface area contributed by atoms with Crippen LogP contribution in [0.25, 0.3) is 22.4 Å². The van der Waals surface area contributed by atoms with Gasteiger partial charge >= 0.3 is 0 Å². The Morgan fingerprint density at radius 3 is 2.77 bits per heavy atom. The lowest BCUT2D eigenvalue weighted by Gasteiger charge is -2.14. The zero-order chi connectivity index (χ0) is 18.3. The van der Waals surface area contributed by atoms with Gasteiger partial charge in [-0.25, -0.2) is 9.97 Å². The van der Waals surface area contributed by atoms with E-state index in [4.69, 9.17) is 9.15 Å². The second-order valence-corrected chi connectivity index (χ2v) is 5.99. The van der Waals surface area contributed by atoms with Gasteiger partial charge in [0.15, 0.2) is 0 Å². The van der Waals surface area contributed by atoms with Crippen LogP contribution in [-0.2, 0) is 7.05 Å². The molecular weight excluding hydrogens is 332 g/mol. The summed E-state index contributed by atoms with van der Waals surface area (Å²) in [6.07, 6.45) is 4.28. The molecule has 0 fully saturated rings. The third kappa shape index (κ3) is 2.63. The highest BCUT2D eigenvalue weighted by Gasteiger charge is 2.13. The topological polar surface area (TPSA) is 83.0 Å². The first-order valence-electron chi connectivity index (χ1n) is 8.04. The summed E-state index contributed by atoms with van der Waals surface area (Å²) in [6.45, 7) is 3.85. The van der Waals surface area contributed by atoms with E-state index in [1.54, 1.807) is 23.9 Å². The van der Waals surface area contributed by atoms with Crippen LogP contribution in [0.5, 0.6) is 11.6 Å². The molecule has 3 aromatic heterocycles. The molecule has 0 saturated carbocycles. The summed E-state index contributed by atoms with van der Waals surface area (Å²) in [5.74, 6) is 1.07. The minimum absolute atomic E-state index is 0.145. The Balaban J connectivity index is 1.75. The van der Waals surface area contributed by atoms with Crippen LogP contribution in [0.4, 0.5) is 0 Å². The Hall–Kier alpha value is -3.48. The molecule has 4 aromatic rings. The number of rotatable bonds is 3. The van der Waals surface area contributed by atoms with Gasteiger partial charge in [-0.05, 0) is 43.7 Å². The minimum Gasteiger partial charge on any atom is -0.446 e. The molecule has 1 aromatic carbocycles. The van der Waals surface area contributed by atoms with Crippen LogP contribution in [0.2, 0.25) is 0 Å². The van der Waals surface area contributed by atoms with E-state index in [0.29, 0.717) is 22.7 Å². The Morgan fingerprint density at radius 1 is 1.12 bits per heavy atom. The van der Waals surface area contributed by atoms with E-state index in [1.807, 2.05) is 32.0 Å². The molecule has 0 N–H and O–H groups in total. The molecule has 0 atom stereocenters. The highest BCUT2D eigenvalue weighted by Crippen LogP contribution is 2.31. The average molecular weight is 348 g/mol. The zero-order valence-electron chi connectivity index (χ0n) is 14.6. The van der Waals surface area contributed by atoms with E-state index in [2.05, 4.69) is 15.0 Å². The van der Waals surface area contributed by atoms with E-state index < -0.39 is 0 Å². The summed E-state index contributed by atoms with van der Waals surface area (Å²) in [7, 11) is 1.74.